The largest absolute Gasteiger partial charge is 0.456 e. The lowest BCUT2D eigenvalue weighted by Crippen LogP contribution is -2.32. The molecule has 1 unspecified atom stereocenters. The number of hydrogen-bond acceptors (Lipinski definition) is 4. The maximum atomic E-state index is 7.03. The van der Waals surface area contributed by atoms with E-state index in [1.54, 1.807) is 0 Å². The lowest BCUT2D eigenvalue weighted by atomic mass is 9.65. The van der Waals surface area contributed by atoms with Gasteiger partial charge in [0.05, 0.1) is 5.41 Å². The third kappa shape index (κ3) is 4.96. The molecule has 0 radical (unpaired) electrons. The van der Waals surface area contributed by atoms with Gasteiger partial charge in [-0.2, -0.15) is 0 Å². The molecule has 4 nitrogen and oxygen atoms in total. The van der Waals surface area contributed by atoms with E-state index in [2.05, 4.69) is 158 Å². The first-order valence-electron chi connectivity index (χ1n) is 19.2. The normalized spacial score (nSPS) is 15.6. The summed E-state index contributed by atoms with van der Waals surface area (Å²) < 4.78 is 7.03. The Morgan fingerprint density at radius 3 is 1.59 bits per heavy atom. The van der Waals surface area contributed by atoms with Gasteiger partial charge in [-0.1, -0.05) is 188 Å². The Kier molecular flexibility index (Phi) is 7.49. The summed E-state index contributed by atoms with van der Waals surface area (Å²) in [6, 6.07) is 62.0. The van der Waals surface area contributed by atoms with Gasteiger partial charge in [-0.25, -0.2) is 15.0 Å². The summed E-state index contributed by atoms with van der Waals surface area (Å²) in [7, 11) is 0. The van der Waals surface area contributed by atoms with Crippen LogP contribution in [0.5, 0.6) is 11.5 Å². The SMILES string of the molecule is C1=CC(c2nc(-c3ccccc3)nc(-c3ccccc3)n2)CC=C1c1ccccc1-c1cccc2c1Oc1ccccc1C21c2ccccc2-c2ccccc21. The van der Waals surface area contributed by atoms with Gasteiger partial charge in [-0.3, -0.25) is 0 Å². The van der Waals surface area contributed by atoms with E-state index in [0.29, 0.717) is 11.6 Å². The maximum absolute atomic E-state index is 7.03. The van der Waals surface area contributed by atoms with Crippen LogP contribution in [0.15, 0.2) is 194 Å². The molecule has 0 N–H and O–H groups in total. The second-order valence-corrected chi connectivity index (χ2v) is 14.6. The Labute approximate surface area is 326 Å². The summed E-state index contributed by atoms with van der Waals surface area (Å²) in [5.41, 5.74) is 13.4. The molecule has 1 aliphatic heterocycles. The molecule has 11 rings (SSSR count). The van der Waals surface area contributed by atoms with E-state index in [0.717, 1.165) is 62.7 Å². The molecule has 3 aliphatic rings. The molecule has 56 heavy (non-hydrogen) atoms. The first kappa shape index (κ1) is 32.3. The second-order valence-electron chi connectivity index (χ2n) is 14.6. The molecule has 0 bridgehead atoms. The zero-order valence-corrected chi connectivity index (χ0v) is 30.5. The first-order chi connectivity index (χ1) is 27.8. The van der Waals surface area contributed by atoms with Crippen molar-refractivity contribution < 1.29 is 4.74 Å². The molecule has 0 saturated carbocycles. The Balaban J connectivity index is 1.01. The average molecular weight is 718 g/mol. The number of nitrogens with zero attached hydrogens (tertiary/aromatic N) is 3. The minimum Gasteiger partial charge on any atom is -0.456 e. The van der Waals surface area contributed by atoms with E-state index in [9.17, 15) is 0 Å². The van der Waals surface area contributed by atoms with Crippen molar-refractivity contribution >= 4 is 5.57 Å². The van der Waals surface area contributed by atoms with Crippen LogP contribution in [0.3, 0.4) is 0 Å². The number of para-hydroxylation sites is 2. The number of benzene rings is 7. The van der Waals surface area contributed by atoms with Crippen LogP contribution in [-0.4, -0.2) is 15.0 Å². The summed E-state index contributed by atoms with van der Waals surface area (Å²) in [5, 5.41) is 0. The number of rotatable bonds is 5. The highest BCUT2D eigenvalue weighted by Gasteiger charge is 2.51. The van der Waals surface area contributed by atoms with E-state index >= 15 is 0 Å². The van der Waals surface area contributed by atoms with Gasteiger partial charge in [0.25, 0.3) is 0 Å². The van der Waals surface area contributed by atoms with Crippen LogP contribution in [-0.2, 0) is 5.41 Å². The second kappa shape index (κ2) is 13.0. The summed E-state index contributed by atoms with van der Waals surface area (Å²) >= 11 is 0. The van der Waals surface area contributed by atoms with Crippen LogP contribution in [0.25, 0.3) is 50.6 Å². The minimum atomic E-state index is -0.513. The summed E-state index contributed by atoms with van der Waals surface area (Å²) in [5.74, 6) is 3.93. The minimum absolute atomic E-state index is 0.00511. The Morgan fingerprint density at radius 1 is 0.446 bits per heavy atom. The van der Waals surface area contributed by atoms with Gasteiger partial charge in [0, 0.05) is 33.7 Å². The van der Waals surface area contributed by atoms with E-state index < -0.39 is 5.41 Å². The highest BCUT2D eigenvalue weighted by Crippen LogP contribution is 2.63. The van der Waals surface area contributed by atoms with Crippen LogP contribution in [0.4, 0.5) is 0 Å². The Morgan fingerprint density at radius 2 is 0.964 bits per heavy atom. The van der Waals surface area contributed by atoms with Crippen LogP contribution in [0.1, 0.15) is 46.0 Å². The quantitative estimate of drug-likeness (QED) is 0.178. The topological polar surface area (TPSA) is 47.9 Å². The molecule has 0 saturated heterocycles. The molecule has 0 amide bonds. The molecule has 2 heterocycles. The zero-order valence-electron chi connectivity index (χ0n) is 30.5. The average Bonchev–Trinajstić information content (AvgIpc) is 3.57. The lowest BCUT2D eigenvalue weighted by Gasteiger charge is -2.40. The third-order valence-corrected chi connectivity index (χ3v) is 11.6. The fraction of sp³-hybridized carbons (Fsp3) is 0.0577. The van der Waals surface area contributed by atoms with Crippen molar-refractivity contribution in [2.24, 2.45) is 0 Å². The van der Waals surface area contributed by atoms with Crippen molar-refractivity contribution in [2.45, 2.75) is 17.8 Å². The molecule has 1 atom stereocenters. The molecule has 264 valence electrons. The van der Waals surface area contributed by atoms with Crippen molar-refractivity contribution in [1.82, 2.24) is 15.0 Å². The molecule has 7 aromatic carbocycles. The fourth-order valence-electron chi connectivity index (χ4n) is 9.06. The maximum Gasteiger partial charge on any atom is 0.163 e. The van der Waals surface area contributed by atoms with Gasteiger partial charge < -0.3 is 4.74 Å². The molecule has 2 aliphatic carbocycles. The van der Waals surface area contributed by atoms with Gasteiger partial charge >= 0.3 is 0 Å². The van der Waals surface area contributed by atoms with Crippen molar-refractivity contribution in [3.05, 3.63) is 228 Å². The third-order valence-electron chi connectivity index (χ3n) is 11.6. The van der Waals surface area contributed by atoms with Crippen LogP contribution in [0, 0.1) is 0 Å². The molecule has 1 spiro atoms. The first-order valence-corrected chi connectivity index (χ1v) is 19.2. The van der Waals surface area contributed by atoms with Gasteiger partial charge in [-0.05, 0) is 51.4 Å². The predicted molar refractivity (Wildman–Crippen MR) is 224 cm³/mol. The highest BCUT2D eigenvalue weighted by atomic mass is 16.5. The van der Waals surface area contributed by atoms with E-state index in [4.69, 9.17) is 19.7 Å². The number of ether oxygens (including phenoxy) is 1. The van der Waals surface area contributed by atoms with Crippen molar-refractivity contribution in [3.8, 4) is 56.5 Å². The van der Waals surface area contributed by atoms with Crippen LogP contribution in [0.2, 0.25) is 0 Å². The molecular formula is C52H35N3O. The summed E-state index contributed by atoms with van der Waals surface area (Å²) in [6.07, 6.45) is 7.57. The number of aromatic nitrogens is 3. The van der Waals surface area contributed by atoms with E-state index in [1.165, 1.54) is 27.8 Å². The monoisotopic (exact) mass is 717 g/mol. The van der Waals surface area contributed by atoms with E-state index in [1.807, 2.05) is 36.4 Å². The zero-order chi connectivity index (χ0) is 37.1. The smallest absolute Gasteiger partial charge is 0.163 e. The van der Waals surface area contributed by atoms with Gasteiger partial charge in [0.15, 0.2) is 11.6 Å². The van der Waals surface area contributed by atoms with E-state index in [-0.39, 0.29) is 5.92 Å². The van der Waals surface area contributed by atoms with Crippen LogP contribution >= 0.6 is 0 Å². The van der Waals surface area contributed by atoms with Crippen LogP contribution < -0.4 is 4.74 Å². The molecule has 0 fully saturated rings. The van der Waals surface area contributed by atoms with Crippen molar-refractivity contribution in [2.75, 3.05) is 0 Å². The number of allylic oxidation sites excluding steroid dienone is 4. The number of hydrogen-bond donors (Lipinski definition) is 0. The van der Waals surface area contributed by atoms with Gasteiger partial charge in [0.1, 0.15) is 17.3 Å². The van der Waals surface area contributed by atoms with Crippen molar-refractivity contribution in [1.29, 1.82) is 0 Å². The molecule has 8 aromatic rings. The van der Waals surface area contributed by atoms with Gasteiger partial charge in [0.2, 0.25) is 0 Å². The molecular weight excluding hydrogens is 683 g/mol. The lowest BCUT2D eigenvalue weighted by molar-refractivity contribution is 0.438. The molecule has 4 heteroatoms. The fourth-order valence-corrected chi connectivity index (χ4v) is 9.06. The Bertz CT molecular complexity index is 2770. The van der Waals surface area contributed by atoms with Gasteiger partial charge in [-0.15, -0.1) is 0 Å². The number of fused-ring (bicyclic) bond motifs is 9. The Hall–Kier alpha value is -7.17. The van der Waals surface area contributed by atoms with Crippen molar-refractivity contribution in [3.63, 3.8) is 0 Å². The highest BCUT2D eigenvalue weighted by molar-refractivity contribution is 5.93. The molecule has 1 aromatic heterocycles. The summed E-state index contributed by atoms with van der Waals surface area (Å²) in [4.78, 5) is 15.0. The predicted octanol–water partition coefficient (Wildman–Crippen LogP) is 12.5. The summed E-state index contributed by atoms with van der Waals surface area (Å²) in [6.45, 7) is 0. The standard InChI is InChI=1S/C52H35N3O/c1-3-16-35(17-4-1)49-53-50(36-18-5-2-6-19-36)55-51(54-49)37-32-30-34(31-33-37)38-20-7-8-21-39(38)42-24-15-28-46-48(42)56-47-29-14-13-27-45(47)52(46)43-25-11-9-22-40(43)41-23-10-12-26-44(41)52/h1-32,37H,33H2.